The average molecular weight is 224 g/mol. The maximum Gasteiger partial charge on any atom is 0.126 e. The molecule has 1 aromatic rings. The summed E-state index contributed by atoms with van der Waals surface area (Å²) in [5, 5.41) is 10.00. The van der Waals surface area contributed by atoms with Crippen molar-refractivity contribution >= 4 is 0 Å². The van der Waals surface area contributed by atoms with Crippen LogP contribution >= 0.6 is 0 Å². The van der Waals surface area contributed by atoms with Crippen LogP contribution in [0, 0.1) is 11.7 Å². The SMILES string of the molecule is CC1CC(C(O)Cc2ccccc2F)CO1. The predicted molar refractivity (Wildman–Crippen MR) is 59.6 cm³/mol. The van der Waals surface area contributed by atoms with Gasteiger partial charge in [-0.1, -0.05) is 18.2 Å². The Morgan fingerprint density at radius 1 is 1.50 bits per heavy atom. The molecular formula is C13H17FO2. The summed E-state index contributed by atoms with van der Waals surface area (Å²) >= 11 is 0. The van der Waals surface area contributed by atoms with Crippen LogP contribution in [0.3, 0.4) is 0 Å². The molecule has 0 bridgehead atoms. The van der Waals surface area contributed by atoms with Crippen LogP contribution in [0.4, 0.5) is 4.39 Å². The first-order chi connectivity index (χ1) is 7.66. The molecule has 1 aliphatic heterocycles. The van der Waals surface area contributed by atoms with Crippen molar-refractivity contribution in [3.8, 4) is 0 Å². The number of ether oxygens (including phenoxy) is 1. The second-order valence-electron chi connectivity index (χ2n) is 4.50. The Bertz CT molecular complexity index is 354. The molecule has 88 valence electrons. The Morgan fingerprint density at radius 2 is 2.25 bits per heavy atom. The molecule has 1 heterocycles. The zero-order valence-corrected chi connectivity index (χ0v) is 9.40. The molecule has 1 fully saturated rings. The molecule has 0 spiro atoms. The molecule has 1 saturated heterocycles. The van der Waals surface area contributed by atoms with Gasteiger partial charge in [-0.25, -0.2) is 4.39 Å². The monoisotopic (exact) mass is 224 g/mol. The lowest BCUT2D eigenvalue weighted by Crippen LogP contribution is -2.23. The smallest absolute Gasteiger partial charge is 0.126 e. The van der Waals surface area contributed by atoms with Crippen LogP contribution in [-0.4, -0.2) is 23.9 Å². The van der Waals surface area contributed by atoms with Crippen LogP contribution in [0.25, 0.3) is 0 Å². The summed E-state index contributed by atoms with van der Waals surface area (Å²) in [5.74, 6) is -0.108. The van der Waals surface area contributed by atoms with Crippen LogP contribution in [-0.2, 0) is 11.2 Å². The molecule has 3 unspecified atom stereocenters. The van der Waals surface area contributed by atoms with Gasteiger partial charge in [-0.2, -0.15) is 0 Å². The zero-order chi connectivity index (χ0) is 11.5. The van der Waals surface area contributed by atoms with Gasteiger partial charge in [0.05, 0.1) is 18.8 Å². The van der Waals surface area contributed by atoms with Gasteiger partial charge in [-0.3, -0.25) is 0 Å². The highest BCUT2D eigenvalue weighted by atomic mass is 19.1. The van der Waals surface area contributed by atoms with Crippen LogP contribution in [0.5, 0.6) is 0 Å². The van der Waals surface area contributed by atoms with Crippen molar-refractivity contribution in [2.75, 3.05) is 6.61 Å². The second kappa shape index (κ2) is 4.93. The summed E-state index contributed by atoms with van der Waals surface area (Å²) in [6.45, 7) is 2.58. The fraction of sp³-hybridized carbons (Fsp3) is 0.538. The summed E-state index contributed by atoms with van der Waals surface area (Å²) in [6.07, 6.45) is 0.922. The van der Waals surface area contributed by atoms with Crippen molar-refractivity contribution in [3.63, 3.8) is 0 Å². The normalized spacial score (nSPS) is 26.9. The Hall–Kier alpha value is -0.930. The standard InChI is InChI=1S/C13H17FO2/c1-9-6-11(8-16-9)13(15)7-10-4-2-3-5-12(10)14/h2-5,9,11,13,15H,6-8H2,1H3. The van der Waals surface area contributed by atoms with Gasteiger partial charge >= 0.3 is 0 Å². The first-order valence-corrected chi connectivity index (χ1v) is 5.70. The van der Waals surface area contributed by atoms with E-state index in [2.05, 4.69) is 0 Å². The van der Waals surface area contributed by atoms with Gasteiger partial charge in [-0.15, -0.1) is 0 Å². The van der Waals surface area contributed by atoms with E-state index < -0.39 is 6.10 Å². The fourth-order valence-electron chi connectivity index (χ4n) is 2.17. The molecule has 0 aliphatic carbocycles. The van der Waals surface area contributed by atoms with Crippen molar-refractivity contribution in [1.82, 2.24) is 0 Å². The number of hydrogen-bond donors (Lipinski definition) is 1. The fourth-order valence-corrected chi connectivity index (χ4v) is 2.17. The van der Waals surface area contributed by atoms with Crippen molar-refractivity contribution in [2.45, 2.75) is 32.0 Å². The van der Waals surface area contributed by atoms with E-state index in [1.165, 1.54) is 6.07 Å². The number of aliphatic hydroxyl groups is 1. The van der Waals surface area contributed by atoms with E-state index in [9.17, 15) is 9.50 Å². The molecular weight excluding hydrogens is 207 g/mol. The molecule has 1 N–H and O–H groups in total. The molecule has 3 heteroatoms. The minimum absolute atomic E-state index is 0.134. The zero-order valence-electron chi connectivity index (χ0n) is 9.40. The maximum absolute atomic E-state index is 13.4. The molecule has 16 heavy (non-hydrogen) atoms. The van der Waals surface area contributed by atoms with Crippen molar-refractivity contribution < 1.29 is 14.2 Å². The first kappa shape index (κ1) is 11.6. The lowest BCUT2D eigenvalue weighted by molar-refractivity contribution is 0.0802. The molecule has 1 aromatic carbocycles. The predicted octanol–water partition coefficient (Wildman–Crippen LogP) is 2.15. The highest BCUT2D eigenvalue weighted by Gasteiger charge is 2.28. The Kier molecular flexibility index (Phi) is 3.56. The maximum atomic E-state index is 13.4. The topological polar surface area (TPSA) is 29.5 Å². The van der Waals surface area contributed by atoms with E-state index >= 15 is 0 Å². The highest BCUT2D eigenvalue weighted by molar-refractivity contribution is 5.18. The van der Waals surface area contributed by atoms with Gasteiger partial charge in [0.15, 0.2) is 0 Å². The van der Waals surface area contributed by atoms with E-state index in [0.29, 0.717) is 18.6 Å². The summed E-state index contributed by atoms with van der Waals surface area (Å²) in [4.78, 5) is 0. The van der Waals surface area contributed by atoms with E-state index in [-0.39, 0.29) is 17.8 Å². The second-order valence-corrected chi connectivity index (χ2v) is 4.50. The number of benzene rings is 1. The minimum Gasteiger partial charge on any atom is -0.392 e. The van der Waals surface area contributed by atoms with Crippen LogP contribution in [0.1, 0.15) is 18.9 Å². The van der Waals surface area contributed by atoms with Gasteiger partial charge in [0.2, 0.25) is 0 Å². The van der Waals surface area contributed by atoms with Crippen molar-refractivity contribution in [1.29, 1.82) is 0 Å². The first-order valence-electron chi connectivity index (χ1n) is 5.70. The van der Waals surface area contributed by atoms with E-state index in [1.807, 2.05) is 6.92 Å². The number of hydrogen-bond acceptors (Lipinski definition) is 2. The molecule has 0 aromatic heterocycles. The van der Waals surface area contributed by atoms with E-state index in [4.69, 9.17) is 4.74 Å². The summed E-state index contributed by atoms with van der Waals surface area (Å²) < 4.78 is 18.8. The van der Waals surface area contributed by atoms with Crippen molar-refractivity contribution in [2.24, 2.45) is 5.92 Å². The average Bonchev–Trinajstić information content (AvgIpc) is 2.68. The molecule has 2 nitrogen and oxygen atoms in total. The Morgan fingerprint density at radius 3 is 2.88 bits per heavy atom. The van der Waals surface area contributed by atoms with Gasteiger partial charge in [0, 0.05) is 12.3 Å². The molecule has 2 rings (SSSR count). The quantitative estimate of drug-likeness (QED) is 0.852. The van der Waals surface area contributed by atoms with Gasteiger partial charge in [-0.05, 0) is 25.0 Å². The molecule has 0 amide bonds. The van der Waals surface area contributed by atoms with Gasteiger partial charge < -0.3 is 9.84 Å². The third-order valence-corrected chi connectivity index (χ3v) is 3.16. The number of aliphatic hydroxyl groups excluding tert-OH is 1. The number of rotatable bonds is 3. The largest absolute Gasteiger partial charge is 0.392 e. The molecule has 3 atom stereocenters. The van der Waals surface area contributed by atoms with Crippen LogP contribution in [0.2, 0.25) is 0 Å². The minimum atomic E-state index is -0.512. The van der Waals surface area contributed by atoms with Crippen molar-refractivity contribution in [3.05, 3.63) is 35.6 Å². The lowest BCUT2D eigenvalue weighted by Gasteiger charge is -2.16. The van der Waals surface area contributed by atoms with Gasteiger partial charge in [0.1, 0.15) is 5.82 Å². The van der Waals surface area contributed by atoms with Crippen LogP contribution in [0.15, 0.2) is 24.3 Å². The number of halogens is 1. The summed E-state index contributed by atoms with van der Waals surface area (Å²) in [5.41, 5.74) is 0.578. The lowest BCUT2D eigenvalue weighted by atomic mass is 9.94. The molecule has 0 saturated carbocycles. The van der Waals surface area contributed by atoms with E-state index in [1.54, 1.807) is 18.2 Å². The molecule has 0 radical (unpaired) electrons. The summed E-state index contributed by atoms with van der Waals surface area (Å²) in [7, 11) is 0. The van der Waals surface area contributed by atoms with Gasteiger partial charge in [0.25, 0.3) is 0 Å². The third-order valence-electron chi connectivity index (χ3n) is 3.16. The van der Waals surface area contributed by atoms with E-state index in [0.717, 1.165) is 6.42 Å². The van der Waals surface area contributed by atoms with Crippen LogP contribution < -0.4 is 0 Å². The third kappa shape index (κ3) is 2.60. The Balaban J connectivity index is 1.97. The molecule has 1 aliphatic rings. The summed E-state index contributed by atoms with van der Waals surface area (Å²) in [6, 6.07) is 6.60. The Labute approximate surface area is 95.1 Å². The highest BCUT2D eigenvalue weighted by Crippen LogP contribution is 2.24.